The average Bonchev–Trinajstić information content (AvgIpc) is 2.43. The number of rotatable bonds is 2. The molecule has 2 rings (SSSR count). The minimum absolute atomic E-state index is 0.0547. The Bertz CT molecular complexity index is 498. The molecule has 1 aliphatic heterocycles. The van der Waals surface area contributed by atoms with Crippen LogP contribution >= 0.6 is 0 Å². The summed E-state index contributed by atoms with van der Waals surface area (Å²) in [4.78, 5) is 14.0. The molecular weight excluding hydrogens is 269 g/mol. The molecule has 0 spiro atoms. The van der Waals surface area contributed by atoms with E-state index in [1.54, 1.807) is 4.90 Å². The molecule has 2 unspecified atom stereocenters. The number of piperidine rings is 1. The van der Waals surface area contributed by atoms with Gasteiger partial charge in [-0.15, -0.1) is 0 Å². The highest BCUT2D eigenvalue weighted by Gasteiger charge is 2.32. The first kappa shape index (κ1) is 14.8. The fraction of sp³-hybridized carbons (Fsp3) is 0.500. The van der Waals surface area contributed by atoms with Gasteiger partial charge in [-0.1, -0.05) is 0 Å². The quantitative estimate of drug-likeness (QED) is 0.849. The number of likely N-dealkylation sites (tertiary alicyclic amines) is 1. The minimum Gasteiger partial charge on any atom is -0.332 e. The van der Waals surface area contributed by atoms with E-state index >= 15 is 0 Å². The van der Waals surface area contributed by atoms with Crippen molar-refractivity contribution >= 4 is 5.91 Å². The van der Waals surface area contributed by atoms with E-state index in [2.05, 4.69) is 0 Å². The molecule has 20 heavy (non-hydrogen) atoms. The van der Waals surface area contributed by atoms with Crippen molar-refractivity contribution in [3.63, 3.8) is 0 Å². The highest BCUT2D eigenvalue weighted by atomic mass is 19.2. The van der Waals surface area contributed by atoms with Crippen LogP contribution in [0.4, 0.5) is 13.2 Å². The summed E-state index contributed by atoms with van der Waals surface area (Å²) in [6, 6.07) is 1.26. The molecule has 1 fully saturated rings. The zero-order valence-corrected chi connectivity index (χ0v) is 11.2. The van der Waals surface area contributed by atoms with E-state index in [4.69, 9.17) is 5.73 Å². The molecule has 1 saturated heterocycles. The molecule has 0 aromatic heterocycles. The Morgan fingerprint density at radius 3 is 2.45 bits per heavy atom. The molecule has 1 aromatic carbocycles. The van der Waals surface area contributed by atoms with Crippen LogP contribution in [0.3, 0.4) is 0 Å². The number of nitrogens with two attached hydrogens (primary N) is 1. The van der Waals surface area contributed by atoms with Gasteiger partial charge in [0.1, 0.15) is 0 Å². The van der Waals surface area contributed by atoms with Crippen molar-refractivity contribution in [3.8, 4) is 0 Å². The highest BCUT2D eigenvalue weighted by molar-refractivity contribution is 5.94. The summed E-state index contributed by atoms with van der Waals surface area (Å²) in [5, 5.41) is 0. The maximum Gasteiger partial charge on any atom is 0.254 e. The average molecular weight is 286 g/mol. The van der Waals surface area contributed by atoms with Crippen molar-refractivity contribution in [3.05, 3.63) is 35.1 Å². The number of halogens is 3. The van der Waals surface area contributed by atoms with Gasteiger partial charge in [0.25, 0.3) is 5.91 Å². The number of nitrogens with zero attached hydrogens (tertiary/aromatic N) is 1. The summed E-state index contributed by atoms with van der Waals surface area (Å²) >= 11 is 0. The summed E-state index contributed by atoms with van der Waals surface area (Å²) < 4.78 is 39.4. The third-order valence-corrected chi connectivity index (χ3v) is 3.76. The maximum atomic E-state index is 13.2. The molecule has 2 atom stereocenters. The van der Waals surface area contributed by atoms with Crippen molar-refractivity contribution in [1.82, 2.24) is 4.90 Å². The maximum absolute atomic E-state index is 13.2. The number of amides is 1. The monoisotopic (exact) mass is 286 g/mol. The van der Waals surface area contributed by atoms with Crippen LogP contribution < -0.4 is 5.73 Å². The molecule has 0 bridgehead atoms. The fourth-order valence-electron chi connectivity index (χ4n) is 2.71. The Morgan fingerprint density at radius 2 is 1.90 bits per heavy atom. The Hall–Kier alpha value is -1.56. The summed E-state index contributed by atoms with van der Waals surface area (Å²) in [6.07, 6.45) is 2.53. The Kier molecular flexibility index (Phi) is 4.32. The van der Waals surface area contributed by atoms with Gasteiger partial charge in [0.15, 0.2) is 17.5 Å². The van der Waals surface area contributed by atoms with Crippen molar-refractivity contribution in [2.24, 2.45) is 5.73 Å². The fourth-order valence-corrected chi connectivity index (χ4v) is 2.71. The van der Waals surface area contributed by atoms with E-state index in [-0.39, 0.29) is 17.6 Å². The van der Waals surface area contributed by atoms with Crippen molar-refractivity contribution < 1.29 is 18.0 Å². The molecule has 1 amide bonds. The SMILES string of the molecule is CC1CCCC(CN)N1C(=O)c1cc(F)c(F)c(F)c1. The van der Waals surface area contributed by atoms with Gasteiger partial charge in [-0.3, -0.25) is 4.79 Å². The van der Waals surface area contributed by atoms with Gasteiger partial charge in [0, 0.05) is 24.2 Å². The van der Waals surface area contributed by atoms with Crippen LogP contribution in [-0.2, 0) is 0 Å². The van der Waals surface area contributed by atoms with Gasteiger partial charge < -0.3 is 10.6 Å². The molecule has 110 valence electrons. The Morgan fingerprint density at radius 1 is 1.30 bits per heavy atom. The molecule has 1 aliphatic rings. The van der Waals surface area contributed by atoms with E-state index < -0.39 is 23.4 Å². The molecule has 0 radical (unpaired) electrons. The van der Waals surface area contributed by atoms with E-state index in [0.29, 0.717) is 6.54 Å². The molecular formula is C14H17F3N2O. The summed E-state index contributed by atoms with van der Waals surface area (Å²) in [6.45, 7) is 2.16. The zero-order valence-electron chi connectivity index (χ0n) is 11.2. The highest BCUT2D eigenvalue weighted by Crippen LogP contribution is 2.25. The molecule has 0 saturated carbocycles. The summed E-state index contributed by atoms with van der Waals surface area (Å²) in [7, 11) is 0. The van der Waals surface area contributed by atoms with E-state index in [1.165, 1.54) is 0 Å². The number of carbonyl (C=O) groups is 1. The van der Waals surface area contributed by atoms with Crippen LogP contribution in [0.2, 0.25) is 0 Å². The minimum atomic E-state index is -1.57. The largest absolute Gasteiger partial charge is 0.332 e. The van der Waals surface area contributed by atoms with E-state index in [1.807, 2.05) is 6.92 Å². The number of benzene rings is 1. The number of hydrogen-bond donors (Lipinski definition) is 1. The number of hydrogen-bond acceptors (Lipinski definition) is 2. The predicted octanol–water partition coefficient (Wildman–Crippen LogP) is 2.45. The van der Waals surface area contributed by atoms with E-state index in [9.17, 15) is 18.0 Å². The molecule has 6 heteroatoms. The van der Waals surface area contributed by atoms with Crippen molar-refractivity contribution in [2.75, 3.05) is 6.54 Å². The van der Waals surface area contributed by atoms with Crippen molar-refractivity contribution in [1.29, 1.82) is 0 Å². The summed E-state index contributed by atoms with van der Waals surface area (Å²) in [5.41, 5.74) is 5.47. The van der Waals surface area contributed by atoms with Gasteiger partial charge in [0.2, 0.25) is 0 Å². The predicted molar refractivity (Wildman–Crippen MR) is 68.6 cm³/mol. The third-order valence-electron chi connectivity index (χ3n) is 3.76. The van der Waals surface area contributed by atoms with Crippen LogP contribution in [0.15, 0.2) is 12.1 Å². The topological polar surface area (TPSA) is 46.3 Å². The molecule has 1 aromatic rings. The zero-order chi connectivity index (χ0) is 14.9. The van der Waals surface area contributed by atoms with Gasteiger partial charge in [-0.2, -0.15) is 0 Å². The standard InChI is InChI=1S/C14H17F3N2O/c1-8-3-2-4-10(7-18)19(8)14(20)9-5-11(15)13(17)12(16)6-9/h5-6,8,10H,2-4,7,18H2,1H3. The Labute approximate surface area is 115 Å². The van der Waals surface area contributed by atoms with E-state index in [0.717, 1.165) is 31.4 Å². The van der Waals surface area contributed by atoms with Crippen LogP contribution in [0, 0.1) is 17.5 Å². The van der Waals surface area contributed by atoms with Crippen LogP contribution in [0.1, 0.15) is 36.5 Å². The first-order chi connectivity index (χ1) is 9.45. The lowest BCUT2D eigenvalue weighted by Crippen LogP contribution is -2.51. The second kappa shape index (κ2) is 5.83. The summed E-state index contributed by atoms with van der Waals surface area (Å²) in [5.74, 6) is -4.79. The Balaban J connectivity index is 2.34. The smallest absolute Gasteiger partial charge is 0.254 e. The van der Waals surface area contributed by atoms with Crippen molar-refractivity contribution in [2.45, 2.75) is 38.3 Å². The van der Waals surface area contributed by atoms with Gasteiger partial charge in [-0.05, 0) is 38.3 Å². The second-order valence-electron chi connectivity index (χ2n) is 5.14. The molecule has 3 nitrogen and oxygen atoms in total. The van der Waals surface area contributed by atoms with Gasteiger partial charge >= 0.3 is 0 Å². The van der Waals surface area contributed by atoms with Crippen LogP contribution in [0.25, 0.3) is 0 Å². The van der Waals surface area contributed by atoms with Gasteiger partial charge in [0.05, 0.1) is 0 Å². The third kappa shape index (κ3) is 2.65. The first-order valence-electron chi connectivity index (χ1n) is 6.63. The van der Waals surface area contributed by atoms with Gasteiger partial charge in [-0.25, -0.2) is 13.2 Å². The molecule has 0 aliphatic carbocycles. The van der Waals surface area contributed by atoms with Crippen LogP contribution in [-0.4, -0.2) is 29.4 Å². The second-order valence-corrected chi connectivity index (χ2v) is 5.14. The normalized spacial score (nSPS) is 22.9. The first-order valence-corrected chi connectivity index (χ1v) is 6.63. The lowest BCUT2D eigenvalue weighted by atomic mass is 9.95. The van der Waals surface area contributed by atoms with Crippen LogP contribution in [0.5, 0.6) is 0 Å². The lowest BCUT2D eigenvalue weighted by Gasteiger charge is -2.40. The molecule has 2 N–H and O–H groups in total. The molecule has 1 heterocycles. The lowest BCUT2D eigenvalue weighted by molar-refractivity contribution is 0.0493. The number of carbonyl (C=O) groups excluding carboxylic acids is 1.